The molecule has 0 saturated heterocycles. The lowest BCUT2D eigenvalue weighted by molar-refractivity contribution is 0.517. The number of aryl methyl sites for hydroxylation is 2. The van der Waals surface area contributed by atoms with Gasteiger partial charge < -0.3 is 9.73 Å². The molecule has 3 aromatic rings. The van der Waals surface area contributed by atoms with Gasteiger partial charge in [-0.1, -0.05) is 0 Å². The third kappa shape index (κ3) is 1.92. The van der Waals surface area contributed by atoms with Crippen LogP contribution in [0.15, 0.2) is 28.9 Å². The minimum absolute atomic E-state index is 0.602. The van der Waals surface area contributed by atoms with Crippen LogP contribution < -0.4 is 5.32 Å². The summed E-state index contributed by atoms with van der Waals surface area (Å²) in [5, 5.41) is 7.58. The molecule has 0 saturated carbocycles. The second kappa shape index (κ2) is 4.14. The molecular formula is C12H13N5O. The van der Waals surface area contributed by atoms with Gasteiger partial charge in [0.25, 0.3) is 5.78 Å². The Balaban J connectivity index is 1.95. The Hall–Kier alpha value is -2.37. The van der Waals surface area contributed by atoms with E-state index in [1.165, 1.54) is 0 Å². The molecule has 0 radical (unpaired) electrons. The zero-order chi connectivity index (χ0) is 12.5. The van der Waals surface area contributed by atoms with Crippen molar-refractivity contribution in [2.45, 2.75) is 20.4 Å². The summed E-state index contributed by atoms with van der Waals surface area (Å²) in [6.07, 6.45) is 1.66. The first-order chi connectivity index (χ1) is 8.72. The molecule has 0 atom stereocenters. The van der Waals surface area contributed by atoms with Gasteiger partial charge in [0.2, 0.25) is 0 Å². The molecule has 0 bridgehead atoms. The molecule has 0 fully saturated rings. The summed E-state index contributed by atoms with van der Waals surface area (Å²) in [5.74, 6) is 3.03. The standard InChI is InChI=1S/C12H13N5O/c1-8-6-11(13-7-10-4-3-5-18-10)17-12(14-8)15-9(2)16-17/h3-6,13H,7H2,1-2H3. The summed E-state index contributed by atoms with van der Waals surface area (Å²) in [5.41, 5.74) is 0.900. The molecule has 3 rings (SSSR count). The van der Waals surface area contributed by atoms with Crippen molar-refractivity contribution in [2.24, 2.45) is 0 Å². The summed E-state index contributed by atoms with van der Waals surface area (Å²) in [4.78, 5) is 8.58. The molecule has 0 unspecified atom stereocenters. The molecule has 3 heterocycles. The van der Waals surface area contributed by atoms with Crippen LogP contribution in [-0.4, -0.2) is 19.6 Å². The first-order valence-electron chi connectivity index (χ1n) is 5.69. The predicted octanol–water partition coefficient (Wildman–Crippen LogP) is 1.95. The fourth-order valence-corrected chi connectivity index (χ4v) is 1.80. The lowest BCUT2D eigenvalue weighted by atomic mass is 10.4. The number of fused-ring (bicyclic) bond motifs is 1. The van der Waals surface area contributed by atoms with E-state index in [0.29, 0.717) is 18.1 Å². The van der Waals surface area contributed by atoms with Gasteiger partial charge in [0, 0.05) is 11.8 Å². The van der Waals surface area contributed by atoms with Crippen LogP contribution in [0.3, 0.4) is 0 Å². The van der Waals surface area contributed by atoms with Gasteiger partial charge in [0.1, 0.15) is 17.4 Å². The first-order valence-corrected chi connectivity index (χ1v) is 5.69. The van der Waals surface area contributed by atoms with Gasteiger partial charge >= 0.3 is 0 Å². The summed E-state index contributed by atoms with van der Waals surface area (Å²) in [6.45, 7) is 4.38. The lowest BCUT2D eigenvalue weighted by Gasteiger charge is -2.06. The van der Waals surface area contributed by atoms with Crippen molar-refractivity contribution < 1.29 is 4.42 Å². The highest BCUT2D eigenvalue weighted by Crippen LogP contribution is 2.12. The van der Waals surface area contributed by atoms with E-state index in [1.54, 1.807) is 10.8 Å². The molecule has 92 valence electrons. The number of furan rings is 1. The third-order valence-corrected chi connectivity index (χ3v) is 2.57. The van der Waals surface area contributed by atoms with Crippen molar-refractivity contribution in [1.82, 2.24) is 19.6 Å². The second-order valence-electron chi connectivity index (χ2n) is 4.09. The van der Waals surface area contributed by atoms with Crippen LogP contribution in [0.5, 0.6) is 0 Å². The van der Waals surface area contributed by atoms with Gasteiger partial charge in [-0.2, -0.15) is 9.50 Å². The number of anilines is 1. The van der Waals surface area contributed by atoms with Crippen LogP contribution in [0.2, 0.25) is 0 Å². The summed E-state index contributed by atoms with van der Waals surface area (Å²) in [7, 11) is 0. The first kappa shape index (κ1) is 10.8. The normalized spacial score (nSPS) is 11.0. The van der Waals surface area contributed by atoms with E-state index < -0.39 is 0 Å². The van der Waals surface area contributed by atoms with Crippen molar-refractivity contribution in [2.75, 3.05) is 5.32 Å². The van der Waals surface area contributed by atoms with Gasteiger partial charge in [-0.3, -0.25) is 0 Å². The Morgan fingerprint density at radius 3 is 3.00 bits per heavy atom. The lowest BCUT2D eigenvalue weighted by Crippen LogP contribution is -2.06. The maximum absolute atomic E-state index is 5.28. The predicted molar refractivity (Wildman–Crippen MR) is 66.3 cm³/mol. The molecule has 0 aliphatic rings. The van der Waals surface area contributed by atoms with E-state index >= 15 is 0 Å². The number of hydrogen-bond acceptors (Lipinski definition) is 5. The maximum Gasteiger partial charge on any atom is 0.254 e. The van der Waals surface area contributed by atoms with Gasteiger partial charge in [0.05, 0.1) is 12.8 Å². The number of nitrogens with zero attached hydrogens (tertiary/aromatic N) is 4. The highest BCUT2D eigenvalue weighted by atomic mass is 16.3. The Bertz CT molecular complexity index is 671. The Labute approximate surface area is 104 Å². The van der Waals surface area contributed by atoms with E-state index in [2.05, 4.69) is 20.4 Å². The van der Waals surface area contributed by atoms with Crippen LogP contribution in [0, 0.1) is 13.8 Å². The molecule has 1 N–H and O–H groups in total. The van der Waals surface area contributed by atoms with Crippen LogP contribution in [-0.2, 0) is 6.54 Å². The van der Waals surface area contributed by atoms with Crippen molar-refractivity contribution in [3.63, 3.8) is 0 Å². The minimum Gasteiger partial charge on any atom is -0.467 e. The number of aromatic nitrogens is 4. The number of hydrogen-bond donors (Lipinski definition) is 1. The van der Waals surface area contributed by atoms with Crippen molar-refractivity contribution >= 4 is 11.6 Å². The highest BCUT2D eigenvalue weighted by Gasteiger charge is 2.07. The number of rotatable bonds is 3. The van der Waals surface area contributed by atoms with Gasteiger partial charge in [-0.25, -0.2) is 4.98 Å². The monoisotopic (exact) mass is 243 g/mol. The van der Waals surface area contributed by atoms with E-state index in [0.717, 1.165) is 17.3 Å². The third-order valence-electron chi connectivity index (χ3n) is 2.57. The quantitative estimate of drug-likeness (QED) is 0.761. The van der Waals surface area contributed by atoms with Gasteiger partial charge in [-0.05, 0) is 26.0 Å². The van der Waals surface area contributed by atoms with Gasteiger partial charge in [-0.15, -0.1) is 5.10 Å². The topological polar surface area (TPSA) is 68.2 Å². The maximum atomic E-state index is 5.28. The molecule has 0 aliphatic carbocycles. The van der Waals surface area contributed by atoms with Crippen LogP contribution >= 0.6 is 0 Å². The second-order valence-corrected chi connectivity index (χ2v) is 4.09. The highest BCUT2D eigenvalue weighted by molar-refractivity contribution is 5.45. The Kier molecular flexibility index (Phi) is 2.47. The molecule has 18 heavy (non-hydrogen) atoms. The summed E-state index contributed by atoms with van der Waals surface area (Å²) >= 11 is 0. The zero-order valence-corrected chi connectivity index (χ0v) is 10.2. The van der Waals surface area contributed by atoms with Gasteiger partial charge in [0.15, 0.2) is 0 Å². The summed E-state index contributed by atoms with van der Waals surface area (Å²) < 4.78 is 6.98. The Morgan fingerprint density at radius 1 is 1.33 bits per heavy atom. The zero-order valence-electron chi connectivity index (χ0n) is 10.2. The van der Waals surface area contributed by atoms with E-state index in [-0.39, 0.29) is 0 Å². The number of nitrogens with one attached hydrogen (secondary N) is 1. The minimum atomic E-state index is 0.602. The van der Waals surface area contributed by atoms with E-state index in [9.17, 15) is 0 Å². The summed E-state index contributed by atoms with van der Waals surface area (Å²) in [6, 6.07) is 5.72. The molecule has 0 spiro atoms. The van der Waals surface area contributed by atoms with Crippen molar-refractivity contribution in [3.05, 3.63) is 41.7 Å². The van der Waals surface area contributed by atoms with Crippen LogP contribution in [0.25, 0.3) is 5.78 Å². The fourth-order valence-electron chi connectivity index (χ4n) is 1.80. The Morgan fingerprint density at radius 2 is 2.22 bits per heavy atom. The SMILES string of the molecule is Cc1cc(NCc2ccco2)n2nc(C)nc2n1. The average molecular weight is 243 g/mol. The van der Waals surface area contributed by atoms with E-state index in [1.807, 2.05) is 32.0 Å². The van der Waals surface area contributed by atoms with Crippen LogP contribution in [0.4, 0.5) is 5.82 Å². The largest absolute Gasteiger partial charge is 0.467 e. The van der Waals surface area contributed by atoms with E-state index in [4.69, 9.17) is 4.42 Å². The molecule has 6 nitrogen and oxygen atoms in total. The molecule has 3 aromatic heterocycles. The fraction of sp³-hybridized carbons (Fsp3) is 0.250. The average Bonchev–Trinajstić information content (AvgIpc) is 2.93. The molecule has 0 aromatic carbocycles. The van der Waals surface area contributed by atoms with Crippen molar-refractivity contribution in [1.29, 1.82) is 0 Å². The van der Waals surface area contributed by atoms with Crippen molar-refractivity contribution in [3.8, 4) is 0 Å². The van der Waals surface area contributed by atoms with Crippen LogP contribution in [0.1, 0.15) is 17.3 Å². The molecular weight excluding hydrogens is 230 g/mol. The molecule has 0 aliphatic heterocycles. The smallest absolute Gasteiger partial charge is 0.254 e. The molecule has 0 amide bonds. The molecule has 6 heteroatoms.